The van der Waals surface area contributed by atoms with E-state index in [1.165, 1.54) is 23.8 Å². The number of para-hydroxylation sites is 1. The molecule has 138 valence electrons. The average molecular weight is 362 g/mol. The Morgan fingerprint density at radius 1 is 1.22 bits per heavy atom. The molecule has 1 aliphatic carbocycles. The Morgan fingerprint density at radius 3 is 3.00 bits per heavy atom. The van der Waals surface area contributed by atoms with Gasteiger partial charge in [-0.1, -0.05) is 18.2 Å². The van der Waals surface area contributed by atoms with Crippen LogP contribution in [0.25, 0.3) is 10.9 Å². The summed E-state index contributed by atoms with van der Waals surface area (Å²) in [6.45, 7) is 1.19. The van der Waals surface area contributed by atoms with E-state index in [4.69, 9.17) is 4.74 Å². The maximum atomic E-state index is 12.6. The van der Waals surface area contributed by atoms with Crippen LogP contribution in [0.1, 0.15) is 40.5 Å². The summed E-state index contributed by atoms with van der Waals surface area (Å²) in [4.78, 5) is 17.0. The minimum absolute atomic E-state index is 0.00879. The first-order valence-corrected chi connectivity index (χ1v) is 9.54. The number of rotatable bonds is 5. The van der Waals surface area contributed by atoms with E-state index in [2.05, 4.69) is 32.6 Å². The lowest BCUT2D eigenvalue weighted by Gasteiger charge is -2.19. The number of hydrogen-bond donors (Lipinski definition) is 2. The van der Waals surface area contributed by atoms with Crippen molar-refractivity contribution in [3.8, 4) is 0 Å². The molecule has 1 aromatic carbocycles. The molecule has 1 saturated carbocycles. The highest BCUT2D eigenvalue weighted by atomic mass is 16.5. The molecular formula is C21H22N4O2. The van der Waals surface area contributed by atoms with Crippen molar-refractivity contribution in [3.05, 3.63) is 59.5 Å². The average Bonchev–Trinajstić information content (AvgIpc) is 3.26. The van der Waals surface area contributed by atoms with Crippen LogP contribution in [-0.4, -0.2) is 40.3 Å². The van der Waals surface area contributed by atoms with Gasteiger partial charge in [-0.05, 0) is 43.0 Å². The Balaban J connectivity index is 1.30. The topological polar surface area (TPSA) is 79.9 Å². The Hall–Kier alpha value is -2.73. The molecule has 3 aromatic rings. The number of fused-ring (bicyclic) bond motifs is 1. The van der Waals surface area contributed by atoms with E-state index in [9.17, 15) is 4.79 Å². The minimum Gasteiger partial charge on any atom is -0.379 e. The number of aromatic amines is 1. The van der Waals surface area contributed by atoms with E-state index in [-0.39, 0.29) is 17.9 Å². The zero-order valence-corrected chi connectivity index (χ0v) is 15.0. The minimum atomic E-state index is -0.127. The Kier molecular flexibility index (Phi) is 4.13. The van der Waals surface area contributed by atoms with Gasteiger partial charge in [-0.2, -0.15) is 5.10 Å². The first-order chi connectivity index (χ1) is 13.3. The highest BCUT2D eigenvalue weighted by Crippen LogP contribution is 2.39. The number of amides is 1. The lowest BCUT2D eigenvalue weighted by Crippen LogP contribution is -2.40. The Bertz CT molecular complexity index is 974. The van der Waals surface area contributed by atoms with Crippen LogP contribution in [0.4, 0.5) is 0 Å². The van der Waals surface area contributed by atoms with Crippen molar-refractivity contribution in [3.63, 3.8) is 0 Å². The van der Waals surface area contributed by atoms with Crippen molar-refractivity contribution in [2.24, 2.45) is 5.92 Å². The summed E-state index contributed by atoms with van der Waals surface area (Å²) in [7, 11) is 0. The maximum absolute atomic E-state index is 12.6. The second-order valence-corrected chi connectivity index (χ2v) is 7.55. The molecule has 5 rings (SSSR count). The molecule has 6 nitrogen and oxygen atoms in total. The normalized spacial score (nSPS) is 22.2. The van der Waals surface area contributed by atoms with Crippen molar-refractivity contribution in [2.45, 2.75) is 31.2 Å². The van der Waals surface area contributed by atoms with Crippen LogP contribution in [-0.2, 0) is 11.2 Å². The van der Waals surface area contributed by atoms with Crippen molar-refractivity contribution < 1.29 is 9.53 Å². The van der Waals surface area contributed by atoms with Gasteiger partial charge >= 0.3 is 0 Å². The van der Waals surface area contributed by atoms with E-state index in [1.54, 1.807) is 0 Å². The highest BCUT2D eigenvalue weighted by Gasteiger charge is 2.32. The third-order valence-electron chi connectivity index (χ3n) is 5.58. The predicted molar refractivity (Wildman–Crippen MR) is 102 cm³/mol. The third kappa shape index (κ3) is 3.32. The van der Waals surface area contributed by atoms with Crippen LogP contribution < -0.4 is 5.32 Å². The summed E-state index contributed by atoms with van der Waals surface area (Å²) in [6, 6.07) is 12.1. The van der Waals surface area contributed by atoms with E-state index in [1.807, 2.05) is 30.5 Å². The molecule has 0 spiro atoms. The second kappa shape index (κ2) is 6.78. The maximum Gasteiger partial charge on any atom is 0.272 e. The lowest BCUT2D eigenvalue weighted by atomic mass is 9.93. The fourth-order valence-electron chi connectivity index (χ4n) is 3.87. The van der Waals surface area contributed by atoms with Gasteiger partial charge < -0.3 is 10.1 Å². The zero-order valence-electron chi connectivity index (χ0n) is 15.0. The lowest BCUT2D eigenvalue weighted by molar-refractivity contribution is 0.0920. The molecule has 1 saturated heterocycles. The van der Waals surface area contributed by atoms with Crippen LogP contribution in [0.2, 0.25) is 0 Å². The van der Waals surface area contributed by atoms with Crippen LogP contribution in [0.15, 0.2) is 42.6 Å². The van der Waals surface area contributed by atoms with E-state index in [0.717, 1.165) is 17.6 Å². The van der Waals surface area contributed by atoms with Gasteiger partial charge in [0.2, 0.25) is 0 Å². The molecule has 27 heavy (non-hydrogen) atoms. The number of hydrogen-bond acceptors (Lipinski definition) is 4. The van der Waals surface area contributed by atoms with Gasteiger partial charge in [0.1, 0.15) is 5.69 Å². The molecule has 6 heteroatoms. The third-order valence-corrected chi connectivity index (χ3v) is 5.58. The van der Waals surface area contributed by atoms with Crippen LogP contribution in [0.3, 0.4) is 0 Å². The summed E-state index contributed by atoms with van der Waals surface area (Å²) in [5.41, 5.74) is 3.78. The fraction of sp³-hybridized carbons (Fsp3) is 0.381. The van der Waals surface area contributed by atoms with Crippen molar-refractivity contribution in [1.29, 1.82) is 0 Å². The number of aromatic nitrogens is 3. The van der Waals surface area contributed by atoms with Gasteiger partial charge in [0.05, 0.1) is 24.8 Å². The standard InChI is InChI=1S/C21H22N4O2/c26-21(19-10-18(24-25-19)13-5-6-13)23-20-12-27-11-15(20)9-14-7-8-22-17-4-2-1-3-16(14)17/h1-4,7-8,10,13,15,20H,5-6,9,11-12H2,(H,23,26)(H,24,25)/t15-,20+/m1/s1. The number of nitrogens with one attached hydrogen (secondary N) is 2. The quantitative estimate of drug-likeness (QED) is 0.731. The fourth-order valence-corrected chi connectivity index (χ4v) is 3.87. The predicted octanol–water partition coefficient (Wildman–Crippen LogP) is 2.82. The number of carbonyl (C=O) groups is 1. The smallest absolute Gasteiger partial charge is 0.272 e. The number of ether oxygens (including phenoxy) is 1. The molecule has 1 aliphatic heterocycles. The van der Waals surface area contributed by atoms with E-state index >= 15 is 0 Å². The molecular weight excluding hydrogens is 340 g/mol. The summed E-state index contributed by atoms with van der Waals surface area (Å²) >= 11 is 0. The van der Waals surface area contributed by atoms with Gasteiger partial charge in [0.15, 0.2) is 0 Å². The van der Waals surface area contributed by atoms with Crippen molar-refractivity contribution in [2.75, 3.05) is 13.2 Å². The SMILES string of the molecule is O=C(N[C@H]1COC[C@H]1Cc1ccnc2ccccc12)c1cc(C2CC2)[nH]n1. The van der Waals surface area contributed by atoms with Crippen molar-refractivity contribution >= 4 is 16.8 Å². The van der Waals surface area contributed by atoms with Crippen LogP contribution in [0, 0.1) is 5.92 Å². The number of pyridine rings is 1. The van der Waals surface area contributed by atoms with Crippen LogP contribution in [0.5, 0.6) is 0 Å². The molecule has 0 radical (unpaired) electrons. The largest absolute Gasteiger partial charge is 0.379 e. The highest BCUT2D eigenvalue weighted by molar-refractivity contribution is 5.92. The first-order valence-electron chi connectivity index (χ1n) is 9.54. The summed E-state index contributed by atoms with van der Waals surface area (Å²) < 4.78 is 5.69. The molecule has 2 fully saturated rings. The van der Waals surface area contributed by atoms with Gasteiger partial charge in [-0.3, -0.25) is 14.9 Å². The molecule has 2 N–H and O–H groups in total. The van der Waals surface area contributed by atoms with Gasteiger partial charge in [0, 0.05) is 29.1 Å². The molecule has 0 bridgehead atoms. The van der Waals surface area contributed by atoms with Gasteiger partial charge in [-0.15, -0.1) is 0 Å². The van der Waals surface area contributed by atoms with Crippen molar-refractivity contribution in [1.82, 2.24) is 20.5 Å². The summed E-state index contributed by atoms with van der Waals surface area (Å²) in [5, 5.41) is 11.5. The van der Waals surface area contributed by atoms with Gasteiger partial charge in [0.25, 0.3) is 5.91 Å². The molecule has 2 atom stereocenters. The number of nitrogens with zero attached hydrogens (tertiary/aromatic N) is 2. The van der Waals surface area contributed by atoms with Crippen LogP contribution >= 0.6 is 0 Å². The Morgan fingerprint density at radius 2 is 2.11 bits per heavy atom. The molecule has 0 unspecified atom stereocenters. The molecule has 3 heterocycles. The Labute approximate surface area is 157 Å². The summed E-state index contributed by atoms with van der Waals surface area (Å²) in [6.07, 6.45) is 5.06. The van der Waals surface area contributed by atoms with E-state index < -0.39 is 0 Å². The summed E-state index contributed by atoms with van der Waals surface area (Å²) in [5.74, 6) is 0.668. The van der Waals surface area contributed by atoms with E-state index in [0.29, 0.717) is 24.8 Å². The molecule has 2 aromatic heterocycles. The van der Waals surface area contributed by atoms with Gasteiger partial charge in [-0.25, -0.2) is 0 Å². The monoisotopic (exact) mass is 362 g/mol. The second-order valence-electron chi connectivity index (χ2n) is 7.55. The molecule has 2 aliphatic rings. The number of H-pyrrole nitrogens is 1. The number of benzene rings is 1. The molecule has 1 amide bonds. The zero-order chi connectivity index (χ0) is 18.2. The number of carbonyl (C=O) groups excluding carboxylic acids is 1. The first kappa shape index (κ1) is 16.4.